The van der Waals surface area contributed by atoms with Crippen LogP contribution in [0.2, 0.25) is 0 Å². The van der Waals surface area contributed by atoms with Crippen molar-refractivity contribution in [1.29, 1.82) is 0 Å². The quantitative estimate of drug-likeness (QED) is 0.635. The van der Waals surface area contributed by atoms with E-state index in [2.05, 4.69) is 59.2 Å². The summed E-state index contributed by atoms with van der Waals surface area (Å²) >= 11 is 0. The molecule has 2 heterocycles. The van der Waals surface area contributed by atoms with Gasteiger partial charge in [-0.05, 0) is 58.2 Å². The van der Waals surface area contributed by atoms with E-state index in [0.717, 1.165) is 63.1 Å². The molecule has 0 saturated carbocycles. The van der Waals surface area contributed by atoms with E-state index < -0.39 is 0 Å². The van der Waals surface area contributed by atoms with Crippen molar-refractivity contribution >= 4 is 11.6 Å². The topological polar surface area (TPSA) is 56.9 Å². The molecule has 1 aromatic heterocycles. The molecule has 0 radical (unpaired) electrons. The monoisotopic (exact) mass is 383 g/mol. The van der Waals surface area contributed by atoms with Gasteiger partial charge in [-0.1, -0.05) is 17.3 Å². The Bertz CT molecular complexity index is 799. The number of nitrogens with one attached hydrogen (secondary N) is 1. The SMILES string of the molecule is CCNC(=NCCc1c(C)noc1C)N1CCN(c2cccc(C)c2C)CC1. The van der Waals surface area contributed by atoms with Crippen molar-refractivity contribution in [3.8, 4) is 0 Å². The number of anilines is 1. The third-order valence-corrected chi connectivity index (χ3v) is 5.64. The van der Waals surface area contributed by atoms with Gasteiger partial charge < -0.3 is 19.6 Å². The second-order valence-corrected chi connectivity index (χ2v) is 7.48. The number of nitrogens with zero attached hydrogens (tertiary/aromatic N) is 4. The van der Waals surface area contributed by atoms with E-state index in [4.69, 9.17) is 9.52 Å². The molecule has 0 amide bonds. The minimum atomic E-state index is 0.739. The van der Waals surface area contributed by atoms with Gasteiger partial charge in [0, 0.05) is 50.5 Å². The van der Waals surface area contributed by atoms with Crippen molar-refractivity contribution in [2.24, 2.45) is 4.99 Å². The molecule has 0 unspecified atom stereocenters. The van der Waals surface area contributed by atoms with Crippen LogP contribution in [0.1, 0.15) is 35.1 Å². The first-order chi connectivity index (χ1) is 13.5. The maximum absolute atomic E-state index is 5.26. The van der Waals surface area contributed by atoms with Crippen molar-refractivity contribution in [2.45, 2.75) is 41.0 Å². The molecule has 3 rings (SSSR count). The summed E-state index contributed by atoms with van der Waals surface area (Å²) in [5, 5.41) is 7.49. The molecule has 0 aliphatic carbocycles. The van der Waals surface area contributed by atoms with Crippen LogP contribution in [-0.4, -0.2) is 55.3 Å². The molecular weight excluding hydrogens is 350 g/mol. The number of aryl methyl sites for hydroxylation is 3. The second kappa shape index (κ2) is 9.13. The molecule has 2 aromatic rings. The average molecular weight is 384 g/mol. The highest BCUT2D eigenvalue weighted by atomic mass is 16.5. The first kappa shape index (κ1) is 20.2. The molecule has 1 aliphatic rings. The van der Waals surface area contributed by atoms with Crippen LogP contribution in [0.15, 0.2) is 27.7 Å². The van der Waals surface area contributed by atoms with Crippen LogP contribution in [-0.2, 0) is 6.42 Å². The Morgan fingerprint density at radius 3 is 2.54 bits per heavy atom. The maximum atomic E-state index is 5.26. The molecule has 0 bridgehead atoms. The Morgan fingerprint density at radius 2 is 1.89 bits per heavy atom. The Labute approximate surface area is 168 Å². The first-order valence-corrected chi connectivity index (χ1v) is 10.3. The normalized spacial score (nSPS) is 15.2. The molecule has 1 saturated heterocycles. The Hall–Kier alpha value is -2.50. The van der Waals surface area contributed by atoms with Crippen LogP contribution in [0.4, 0.5) is 5.69 Å². The Kier molecular flexibility index (Phi) is 6.60. The summed E-state index contributed by atoms with van der Waals surface area (Å²) < 4.78 is 5.26. The largest absolute Gasteiger partial charge is 0.368 e. The van der Waals surface area contributed by atoms with Gasteiger partial charge in [0.2, 0.25) is 0 Å². The fourth-order valence-corrected chi connectivity index (χ4v) is 3.80. The van der Waals surface area contributed by atoms with Crippen LogP contribution in [0.3, 0.4) is 0 Å². The van der Waals surface area contributed by atoms with Crippen molar-refractivity contribution in [3.05, 3.63) is 46.3 Å². The number of guanidine groups is 1. The van der Waals surface area contributed by atoms with Crippen molar-refractivity contribution < 1.29 is 4.52 Å². The summed E-state index contributed by atoms with van der Waals surface area (Å²) in [4.78, 5) is 9.73. The lowest BCUT2D eigenvalue weighted by Crippen LogP contribution is -2.52. The van der Waals surface area contributed by atoms with Gasteiger partial charge in [0.25, 0.3) is 0 Å². The molecular formula is C22H33N5O. The van der Waals surface area contributed by atoms with E-state index in [9.17, 15) is 0 Å². The fraction of sp³-hybridized carbons (Fsp3) is 0.545. The van der Waals surface area contributed by atoms with Crippen LogP contribution in [0.5, 0.6) is 0 Å². The predicted octanol–water partition coefficient (Wildman–Crippen LogP) is 3.24. The van der Waals surface area contributed by atoms with E-state index in [1.165, 1.54) is 22.4 Å². The highest BCUT2D eigenvalue weighted by Gasteiger charge is 2.21. The zero-order chi connectivity index (χ0) is 20.1. The summed E-state index contributed by atoms with van der Waals surface area (Å²) in [6.45, 7) is 16.1. The highest BCUT2D eigenvalue weighted by molar-refractivity contribution is 5.80. The summed E-state index contributed by atoms with van der Waals surface area (Å²) in [5.74, 6) is 1.91. The number of piperazine rings is 1. The minimum Gasteiger partial charge on any atom is -0.368 e. The van der Waals surface area contributed by atoms with Gasteiger partial charge in [-0.15, -0.1) is 0 Å². The number of benzene rings is 1. The van der Waals surface area contributed by atoms with E-state index >= 15 is 0 Å². The van der Waals surface area contributed by atoms with Crippen LogP contribution in [0.25, 0.3) is 0 Å². The van der Waals surface area contributed by atoms with Gasteiger partial charge in [0.15, 0.2) is 5.96 Å². The van der Waals surface area contributed by atoms with Crippen molar-refractivity contribution in [2.75, 3.05) is 44.2 Å². The minimum absolute atomic E-state index is 0.739. The second-order valence-electron chi connectivity index (χ2n) is 7.48. The standard InChI is InChI=1S/C22H33N5O/c1-6-23-22(24-11-10-20-18(4)25-28-19(20)5)27-14-12-26(13-15-27)21-9-7-8-16(2)17(21)3/h7-9H,6,10-15H2,1-5H3,(H,23,24). The number of rotatable bonds is 5. The highest BCUT2D eigenvalue weighted by Crippen LogP contribution is 2.23. The van der Waals surface area contributed by atoms with Crippen LogP contribution >= 0.6 is 0 Å². The zero-order valence-electron chi connectivity index (χ0n) is 17.9. The molecule has 152 valence electrons. The van der Waals surface area contributed by atoms with Gasteiger partial charge in [0.1, 0.15) is 5.76 Å². The maximum Gasteiger partial charge on any atom is 0.194 e. The number of hydrogen-bond acceptors (Lipinski definition) is 4. The van der Waals surface area contributed by atoms with Crippen molar-refractivity contribution in [1.82, 2.24) is 15.4 Å². The first-order valence-electron chi connectivity index (χ1n) is 10.3. The average Bonchev–Trinajstić information content (AvgIpc) is 3.01. The lowest BCUT2D eigenvalue weighted by Gasteiger charge is -2.38. The predicted molar refractivity (Wildman–Crippen MR) is 115 cm³/mol. The molecule has 6 nitrogen and oxygen atoms in total. The molecule has 0 spiro atoms. The van der Waals surface area contributed by atoms with Gasteiger partial charge in [0.05, 0.1) is 5.69 Å². The Morgan fingerprint density at radius 1 is 1.14 bits per heavy atom. The van der Waals surface area contributed by atoms with Crippen LogP contribution < -0.4 is 10.2 Å². The number of hydrogen-bond donors (Lipinski definition) is 1. The summed E-state index contributed by atoms with van der Waals surface area (Å²) in [6, 6.07) is 6.58. The molecule has 6 heteroatoms. The molecule has 28 heavy (non-hydrogen) atoms. The van der Waals surface area contributed by atoms with Gasteiger partial charge in [-0.25, -0.2) is 0 Å². The van der Waals surface area contributed by atoms with Gasteiger partial charge in [-0.2, -0.15) is 0 Å². The van der Waals surface area contributed by atoms with Gasteiger partial charge in [-0.3, -0.25) is 4.99 Å². The molecule has 1 aromatic carbocycles. The van der Waals surface area contributed by atoms with E-state index in [0.29, 0.717) is 0 Å². The molecule has 0 atom stereocenters. The Balaban J connectivity index is 1.61. The third-order valence-electron chi connectivity index (χ3n) is 5.64. The smallest absolute Gasteiger partial charge is 0.194 e. The van der Waals surface area contributed by atoms with Crippen LogP contribution in [0, 0.1) is 27.7 Å². The summed E-state index contributed by atoms with van der Waals surface area (Å²) in [6.07, 6.45) is 0.860. The van der Waals surface area contributed by atoms with Gasteiger partial charge >= 0.3 is 0 Å². The zero-order valence-corrected chi connectivity index (χ0v) is 17.9. The van der Waals surface area contributed by atoms with E-state index in [1.54, 1.807) is 0 Å². The fourth-order valence-electron chi connectivity index (χ4n) is 3.80. The number of aromatic nitrogens is 1. The lowest BCUT2D eigenvalue weighted by atomic mass is 10.1. The lowest BCUT2D eigenvalue weighted by molar-refractivity contribution is 0.372. The third kappa shape index (κ3) is 4.49. The molecule has 1 aliphatic heterocycles. The molecule has 1 N–H and O–H groups in total. The summed E-state index contributed by atoms with van der Waals surface area (Å²) in [7, 11) is 0. The summed E-state index contributed by atoms with van der Waals surface area (Å²) in [5.41, 5.74) is 6.25. The van der Waals surface area contributed by atoms with E-state index in [-0.39, 0.29) is 0 Å². The van der Waals surface area contributed by atoms with Crippen molar-refractivity contribution in [3.63, 3.8) is 0 Å². The number of aliphatic imine (C=N–C) groups is 1. The molecule has 1 fully saturated rings. The van der Waals surface area contributed by atoms with E-state index in [1.807, 2.05) is 13.8 Å².